The zero-order valence-corrected chi connectivity index (χ0v) is 14.2. The summed E-state index contributed by atoms with van der Waals surface area (Å²) in [4.78, 5) is 11.7. The number of rotatable bonds is 5. The number of ether oxygens (including phenoxy) is 1. The van der Waals surface area contributed by atoms with Gasteiger partial charge in [0.25, 0.3) is 0 Å². The highest BCUT2D eigenvalue weighted by molar-refractivity contribution is 5.54. The fraction of sp³-hybridized carbons (Fsp3) is 0.588. The van der Waals surface area contributed by atoms with Crippen LogP contribution in [0.15, 0.2) is 12.1 Å². The standard InChI is InChI=1S/C17H25N5O/c1-12-9-17(21-20-12)16-10-15(18-13(2)19-16)14-5-4-6-22(11-14)7-8-23-3/h9-10,14H,4-8,11H2,1-3H3,(H,20,21)/t14-/m0/s1. The molecule has 124 valence electrons. The summed E-state index contributed by atoms with van der Waals surface area (Å²) in [6, 6.07) is 4.13. The van der Waals surface area contributed by atoms with Crippen molar-refractivity contribution in [1.82, 2.24) is 25.1 Å². The number of aromatic amines is 1. The molecule has 1 atom stereocenters. The topological polar surface area (TPSA) is 66.9 Å². The fourth-order valence-corrected chi connectivity index (χ4v) is 3.20. The van der Waals surface area contributed by atoms with E-state index in [1.807, 2.05) is 19.9 Å². The van der Waals surface area contributed by atoms with Gasteiger partial charge < -0.3 is 9.64 Å². The Balaban J connectivity index is 1.80. The molecule has 6 heteroatoms. The van der Waals surface area contributed by atoms with E-state index in [2.05, 4.69) is 26.1 Å². The molecule has 0 spiro atoms. The van der Waals surface area contributed by atoms with Crippen LogP contribution in [0, 0.1) is 13.8 Å². The van der Waals surface area contributed by atoms with Crippen LogP contribution in [-0.4, -0.2) is 58.4 Å². The van der Waals surface area contributed by atoms with Gasteiger partial charge in [-0.2, -0.15) is 5.10 Å². The second-order valence-corrected chi connectivity index (χ2v) is 6.29. The van der Waals surface area contributed by atoms with Gasteiger partial charge >= 0.3 is 0 Å². The predicted octanol–water partition coefficient (Wildman–Crippen LogP) is 2.31. The third kappa shape index (κ3) is 3.95. The van der Waals surface area contributed by atoms with Crippen LogP contribution in [0.1, 0.15) is 36.0 Å². The molecule has 3 rings (SSSR count). The third-order valence-corrected chi connectivity index (χ3v) is 4.36. The van der Waals surface area contributed by atoms with Crippen molar-refractivity contribution in [3.05, 3.63) is 29.3 Å². The van der Waals surface area contributed by atoms with Crippen molar-refractivity contribution in [2.75, 3.05) is 33.4 Å². The summed E-state index contributed by atoms with van der Waals surface area (Å²) in [5.41, 5.74) is 3.98. The Morgan fingerprint density at radius 1 is 1.26 bits per heavy atom. The molecule has 23 heavy (non-hydrogen) atoms. The molecule has 0 bridgehead atoms. The minimum atomic E-state index is 0.459. The summed E-state index contributed by atoms with van der Waals surface area (Å²) in [5, 5.41) is 7.31. The van der Waals surface area contributed by atoms with E-state index in [4.69, 9.17) is 9.72 Å². The molecule has 1 N–H and O–H groups in total. The largest absolute Gasteiger partial charge is 0.383 e. The Morgan fingerprint density at radius 3 is 2.87 bits per heavy atom. The van der Waals surface area contributed by atoms with Gasteiger partial charge in [-0.25, -0.2) is 9.97 Å². The van der Waals surface area contributed by atoms with Crippen molar-refractivity contribution in [2.24, 2.45) is 0 Å². The number of likely N-dealkylation sites (tertiary alicyclic amines) is 1. The minimum Gasteiger partial charge on any atom is -0.383 e. The first kappa shape index (κ1) is 16.1. The minimum absolute atomic E-state index is 0.459. The van der Waals surface area contributed by atoms with Crippen LogP contribution in [0.2, 0.25) is 0 Å². The first-order chi connectivity index (χ1) is 11.2. The predicted molar refractivity (Wildman–Crippen MR) is 89.4 cm³/mol. The highest BCUT2D eigenvalue weighted by atomic mass is 16.5. The van der Waals surface area contributed by atoms with E-state index in [-0.39, 0.29) is 0 Å². The van der Waals surface area contributed by atoms with Gasteiger partial charge in [-0.15, -0.1) is 0 Å². The monoisotopic (exact) mass is 315 g/mol. The molecular formula is C17H25N5O. The molecule has 0 saturated carbocycles. The van der Waals surface area contributed by atoms with E-state index < -0.39 is 0 Å². The van der Waals surface area contributed by atoms with E-state index in [9.17, 15) is 0 Å². The lowest BCUT2D eigenvalue weighted by atomic mass is 9.94. The van der Waals surface area contributed by atoms with E-state index >= 15 is 0 Å². The molecule has 6 nitrogen and oxygen atoms in total. The number of hydrogen-bond acceptors (Lipinski definition) is 5. The van der Waals surface area contributed by atoms with E-state index in [0.29, 0.717) is 5.92 Å². The maximum atomic E-state index is 5.20. The van der Waals surface area contributed by atoms with Gasteiger partial charge in [-0.05, 0) is 45.4 Å². The molecule has 3 heterocycles. The van der Waals surface area contributed by atoms with Crippen molar-refractivity contribution in [1.29, 1.82) is 0 Å². The van der Waals surface area contributed by atoms with Crippen LogP contribution >= 0.6 is 0 Å². The van der Waals surface area contributed by atoms with Gasteiger partial charge in [0.05, 0.1) is 12.3 Å². The Hall–Kier alpha value is -1.79. The molecule has 1 aliphatic heterocycles. The number of hydrogen-bond donors (Lipinski definition) is 1. The lowest BCUT2D eigenvalue weighted by molar-refractivity contribution is 0.127. The second kappa shape index (κ2) is 7.19. The first-order valence-electron chi connectivity index (χ1n) is 8.25. The summed E-state index contributed by atoms with van der Waals surface area (Å²) in [5.74, 6) is 1.27. The number of nitrogens with zero attached hydrogens (tertiary/aromatic N) is 4. The van der Waals surface area contributed by atoms with E-state index in [1.165, 1.54) is 12.8 Å². The number of H-pyrrole nitrogens is 1. The van der Waals surface area contributed by atoms with Gasteiger partial charge in [0.1, 0.15) is 11.5 Å². The Kier molecular flexibility index (Phi) is 5.03. The van der Waals surface area contributed by atoms with E-state index in [0.717, 1.165) is 54.8 Å². The maximum absolute atomic E-state index is 5.20. The number of aromatic nitrogens is 4. The highest BCUT2D eigenvalue weighted by Gasteiger charge is 2.23. The summed E-state index contributed by atoms with van der Waals surface area (Å²) in [7, 11) is 1.76. The van der Waals surface area contributed by atoms with Crippen LogP contribution in [-0.2, 0) is 4.74 Å². The third-order valence-electron chi connectivity index (χ3n) is 4.36. The zero-order chi connectivity index (χ0) is 16.2. The average molecular weight is 315 g/mol. The van der Waals surface area contributed by atoms with Crippen molar-refractivity contribution < 1.29 is 4.74 Å². The molecule has 0 unspecified atom stereocenters. The summed E-state index contributed by atoms with van der Waals surface area (Å²) in [6.45, 7) is 7.92. The number of methoxy groups -OCH3 is 1. The molecule has 1 saturated heterocycles. The molecular weight excluding hydrogens is 290 g/mol. The fourth-order valence-electron chi connectivity index (χ4n) is 3.20. The van der Waals surface area contributed by atoms with Crippen LogP contribution < -0.4 is 0 Å². The lowest BCUT2D eigenvalue weighted by Crippen LogP contribution is -2.36. The Labute approximate surface area is 137 Å². The van der Waals surface area contributed by atoms with Crippen LogP contribution in [0.25, 0.3) is 11.4 Å². The summed E-state index contributed by atoms with van der Waals surface area (Å²) >= 11 is 0. The Bertz CT molecular complexity index is 654. The van der Waals surface area contributed by atoms with Gasteiger partial charge in [0.2, 0.25) is 0 Å². The smallest absolute Gasteiger partial charge is 0.126 e. The molecule has 0 aliphatic carbocycles. The second-order valence-electron chi connectivity index (χ2n) is 6.29. The number of piperidine rings is 1. The molecule has 1 aliphatic rings. The van der Waals surface area contributed by atoms with Crippen LogP contribution in [0.3, 0.4) is 0 Å². The zero-order valence-electron chi connectivity index (χ0n) is 14.2. The molecule has 2 aromatic heterocycles. The van der Waals surface area contributed by atoms with Gasteiger partial charge in [-0.1, -0.05) is 0 Å². The highest BCUT2D eigenvalue weighted by Crippen LogP contribution is 2.27. The Morgan fingerprint density at radius 2 is 2.13 bits per heavy atom. The first-order valence-corrected chi connectivity index (χ1v) is 8.25. The molecule has 2 aromatic rings. The van der Waals surface area contributed by atoms with E-state index in [1.54, 1.807) is 7.11 Å². The number of nitrogens with one attached hydrogen (secondary N) is 1. The van der Waals surface area contributed by atoms with Gasteiger partial charge in [0.15, 0.2) is 0 Å². The van der Waals surface area contributed by atoms with Gasteiger partial charge in [-0.3, -0.25) is 5.10 Å². The van der Waals surface area contributed by atoms with Crippen molar-refractivity contribution in [2.45, 2.75) is 32.6 Å². The van der Waals surface area contributed by atoms with Crippen molar-refractivity contribution in [3.8, 4) is 11.4 Å². The lowest BCUT2D eigenvalue weighted by Gasteiger charge is -2.32. The van der Waals surface area contributed by atoms with Crippen molar-refractivity contribution >= 4 is 0 Å². The molecule has 1 fully saturated rings. The SMILES string of the molecule is COCCN1CCC[C@H](c2cc(-c3cc(C)[nH]n3)nc(C)n2)C1. The van der Waals surface area contributed by atoms with Crippen molar-refractivity contribution in [3.63, 3.8) is 0 Å². The summed E-state index contributed by atoms with van der Waals surface area (Å²) in [6.07, 6.45) is 2.38. The maximum Gasteiger partial charge on any atom is 0.126 e. The average Bonchev–Trinajstić information content (AvgIpc) is 2.99. The van der Waals surface area contributed by atoms with Gasteiger partial charge in [0, 0.05) is 37.5 Å². The molecule has 0 radical (unpaired) electrons. The number of aryl methyl sites for hydroxylation is 2. The van der Waals surface area contributed by atoms with Crippen LogP contribution in [0.5, 0.6) is 0 Å². The molecule has 0 amide bonds. The normalized spacial score (nSPS) is 19.2. The summed E-state index contributed by atoms with van der Waals surface area (Å²) < 4.78 is 5.20. The molecule has 0 aromatic carbocycles. The quantitative estimate of drug-likeness (QED) is 0.917. The van der Waals surface area contributed by atoms with Crippen LogP contribution in [0.4, 0.5) is 0 Å².